The van der Waals surface area contributed by atoms with Gasteiger partial charge in [0.05, 0.1) is 18.3 Å². The van der Waals surface area contributed by atoms with Gasteiger partial charge in [-0.05, 0) is 31.5 Å². The molecule has 0 radical (unpaired) electrons. The van der Waals surface area contributed by atoms with E-state index in [1.807, 2.05) is 19.2 Å². The van der Waals surface area contributed by atoms with Crippen LogP contribution in [0.2, 0.25) is 0 Å². The molecule has 6 heteroatoms. The maximum absolute atomic E-state index is 12.1. The van der Waals surface area contributed by atoms with E-state index in [1.54, 1.807) is 30.8 Å². The molecule has 2 aromatic rings. The molecule has 0 saturated carbocycles. The fraction of sp³-hybridized carbons (Fsp3) is 0.375. The van der Waals surface area contributed by atoms with Gasteiger partial charge in [-0.25, -0.2) is 4.98 Å². The molecule has 0 saturated heterocycles. The van der Waals surface area contributed by atoms with Crippen LogP contribution in [0.3, 0.4) is 0 Å². The summed E-state index contributed by atoms with van der Waals surface area (Å²) in [7, 11) is 1.56. The number of benzene rings is 1. The Kier molecular flexibility index (Phi) is 5.77. The van der Waals surface area contributed by atoms with Crippen molar-refractivity contribution < 1.29 is 14.3 Å². The van der Waals surface area contributed by atoms with E-state index >= 15 is 0 Å². The van der Waals surface area contributed by atoms with Crippen LogP contribution in [0, 0.1) is 0 Å². The van der Waals surface area contributed by atoms with E-state index < -0.39 is 0 Å². The lowest BCUT2D eigenvalue weighted by Crippen LogP contribution is -2.31. The fourth-order valence-corrected chi connectivity index (χ4v) is 2.34. The number of carbonyl (C=O) groups excluding carboxylic acids is 1. The number of methoxy groups -OCH3 is 1. The first-order valence-corrected chi connectivity index (χ1v) is 8.07. The Hall–Kier alpha value is -2.08. The van der Waals surface area contributed by atoms with Crippen LogP contribution in [0.5, 0.6) is 11.5 Å². The predicted molar refractivity (Wildman–Crippen MR) is 86.7 cm³/mol. The molecule has 0 unspecified atom stereocenters. The molecule has 1 heterocycles. The molecule has 1 N–H and O–H groups in total. The number of carbonyl (C=O) groups is 1. The first-order valence-electron chi connectivity index (χ1n) is 7.12. The normalized spacial score (nSPS) is 11.8. The second-order valence-corrected chi connectivity index (χ2v) is 5.64. The zero-order valence-corrected chi connectivity index (χ0v) is 13.8. The molecule has 2 rings (SSSR count). The van der Waals surface area contributed by atoms with Crippen LogP contribution >= 0.6 is 11.3 Å². The maximum atomic E-state index is 12.1. The molecule has 0 aliphatic rings. The zero-order chi connectivity index (χ0) is 15.9. The molecular formula is C16H20N2O3S. The molecule has 22 heavy (non-hydrogen) atoms. The molecule has 5 nitrogen and oxygen atoms in total. The Morgan fingerprint density at radius 2 is 2.23 bits per heavy atom. The predicted octanol–water partition coefficient (Wildman–Crippen LogP) is 3.26. The highest BCUT2D eigenvalue weighted by Gasteiger charge is 2.13. The van der Waals surface area contributed by atoms with Crippen molar-refractivity contribution >= 4 is 17.2 Å². The Bertz CT molecular complexity index is 614. The standard InChI is InChI=1S/C16H20N2O3S/c1-4-11(2)18-16(19)12-5-6-14(15(7-12)20-3)21-8-13-9-22-10-17-13/h5-7,9-11H,4,8H2,1-3H3,(H,18,19)/t11-/m1/s1. The lowest BCUT2D eigenvalue weighted by molar-refractivity contribution is 0.0939. The van der Waals surface area contributed by atoms with Gasteiger partial charge in [-0.3, -0.25) is 4.79 Å². The van der Waals surface area contributed by atoms with Gasteiger partial charge < -0.3 is 14.8 Å². The van der Waals surface area contributed by atoms with Crippen molar-refractivity contribution in [3.05, 3.63) is 40.3 Å². The number of rotatable bonds is 7. The number of hydrogen-bond donors (Lipinski definition) is 1. The number of nitrogens with zero attached hydrogens (tertiary/aromatic N) is 1. The Balaban J connectivity index is 2.08. The van der Waals surface area contributed by atoms with Gasteiger partial charge in [-0.2, -0.15) is 0 Å². The zero-order valence-electron chi connectivity index (χ0n) is 13.0. The molecule has 1 amide bonds. The van der Waals surface area contributed by atoms with Crippen LogP contribution in [0.4, 0.5) is 0 Å². The summed E-state index contributed by atoms with van der Waals surface area (Å²) in [6, 6.07) is 5.31. The Morgan fingerprint density at radius 1 is 1.41 bits per heavy atom. The van der Waals surface area contributed by atoms with Gasteiger partial charge in [0.1, 0.15) is 6.61 Å². The van der Waals surface area contributed by atoms with E-state index in [9.17, 15) is 4.79 Å². The summed E-state index contributed by atoms with van der Waals surface area (Å²) in [6.45, 7) is 4.37. The topological polar surface area (TPSA) is 60.5 Å². The van der Waals surface area contributed by atoms with Gasteiger partial charge >= 0.3 is 0 Å². The fourth-order valence-electron chi connectivity index (χ4n) is 1.80. The first-order chi connectivity index (χ1) is 10.6. The minimum absolute atomic E-state index is 0.112. The number of ether oxygens (including phenoxy) is 2. The average molecular weight is 320 g/mol. The van der Waals surface area contributed by atoms with Crippen molar-refractivity contribution in [3.63, 3.8) is 0 Å². The van der Waals surface area contributed by atoms with Crippen LogP contribution in [-0.2, 0) is 6.61 Å². The second-order valence-electron chi connectivity index (χ2n) is 4.92. The molecule has 1 atom stereocenters. The molecule has 0 bridgehead atoms. The monoisotopic (exact) mass is 320 g/mol. The maximum Gasteiger partial charge on any atom is 0.251 e. The van der Waals surface area contributed by atoms with Crippen molar-refractivity contribution in [1.29, 1.82) is 0 Å². The summed E-state index contributed by atoms with van der Waals surface area (Å²) in [5, 5.41) is 4.86. The van der Waals surface area contributed by atoms with Gasteiger partial charge in [0.25, 0.3) is 5.91 Å². The summed E-state index contributed by atoms with van der Waals surface area (Å²) in [4.78, 5) is 16.3. The smallest absolute Gasteiger partial charge is 0.251 e. The molecule has 118 valence electrons. The third-order valence-electron chi connectivity index (χ3n) is 3.27. The quantitative estimate of drug-likeness (QED) is 0.850. The molecular weight excluding hydrogens is 300 g/mol. The van der Waals surface area contributed by atoms with Crippen LogP contribution in [0.15, 0.2) is 29.1 Å². The van der Waals surface area contributed by atoms with Crippen molar-refractivity contribution in [2.45, 2.75) is 32.9 Å². The first kappa shape index (κ1) is 16.3. The van der Waals surface area contributed by atoms with Crippen LogP contribution in [0.25, 0.3) is 0 Å². The summed E-state index contributed by atoms with van der Waals surface area (Å²) in [5.41, 5.74) is 3.18. The van der Waals surface area contributed by atoms with Crippen LogP contribution < -0.4 is 14.8 Å². The summed E-state index contributed by atoms with van der Waals surface area (Å²) < 4.78 is 11.0. The van der Waals surface area contributed by atoms with Gasteiger partial charge in [0.15, 0.2) is 11.5 Å². The average Bonchev–Trinajstić information content (AvgIpc) is 3.05. The SMILES string of the molecule is CC[C@@H](C)NC(=O)c1ccc(OCc2cscn2)c(OC)c1. The van der Waals surface area contributed by atoms with Crippen molar-refractivity contribution in [2.24, 2.45) is 0 Å². The summed E-state index contributed by atoms with van der Waals surface area (Å²) >= 11 is 1.52. The van der Waals surface area contributed by atoms with Crippen LogP contribution in [-0.4, -0.2) is 24.0 Å². The molecule has 0 fully saturated rings. The van der Waals surface area contributed by atoms with Crippen molar-refractivity contribution in [2.75, 3.05) is 7.11 Å². The van der Waals surface area contributed by atoms with E-state index in [2.05, 4.69) is 10.3 Å². The number of hydrogen-bond acceptors (Lipinski definition) is 5. The molecule has 0 spiro atoms. The minimum Gasteiger partial charge on any atom is -0.493 e. The molecule has 1 aromatic carbocycles. The third kappa shape index (κ3) is 4.21. The molecule has 0 aliphatic heterocycles. The minimum atomic E-state index is -0.112. The molecule has 1 aromatic heterocycles. The van der Waals surface area contributed by atoms with Crippen LogP contribution in [0.1, 0.15) is 36.3 Å². The lowest BCUT2D eigenvalue weighted by atomic mass is 10.1. The largest absolute Gasteiger partial charge is 0.493 e. The van der Waals surface area contributed by atoms with Gasteiger partial charge in [-0.1, -0.05) is 6.92 Å². The van der Waals surface area contributed by atoms with E-state index in [4.69, 9.17) is 9.47 Å². The highest BCUT2D eigenvalue weighted by atomic mass is 32.1. The third-order valence-corrected chi connectivity index (χ3v) is 3.91. The van der Waals surface area contributed by atoms with Gasteiger partial charge in [0, 0.05) is 17.0 Å². The van der Waals surface area contributed by atoms with E-state index in [0.29, 0.717) is 23.7 Å². The summed E-state index contributed by atoms with van der Waals surface area (Å²) in [6.07, 6.45) is 0.887. The van der Waals surface area contributed by atoms with E-state index in [1.165, 1.54) is 11.3 Å². The Labute approximate surface area is 134 Å². The number of amides is 1. The van der Waals surface area contributed by atoms with Gasteiger partial charge in [0.2, 0.25) is 0 Å². The second kappa shape index (κ2) is 7.79. The summed E-state index contributed by atoms with van der Waals surface area (Å²) in [5.74, 6) is 1.02. The molecule has 0 aliphatic carbocycles. The lowest BCUT2D eigenvalue weighted by Gasteiger charge is -2.14. The van der Waals surface area contributed by atoms with E-state index in [-0.39, 0.29) is 11.9 Å². The highest BCUT2D eigenvalue weighted by Crippen LogP contribution is 2.28. The van der Waals surface area contributed by atoms with Gasteiger partial charge in [-0.15, -0.1) is 11.3 Å². The van der Waals surface area contributed by atoms with Crippen molar-refractivity contribution in [1.82, 2.24) is 10.3 Å². The number of nitrogens with one attached hydrogen (secondary N) is 1. The number of thiazole rings is 1. The van der Waals surface area contributed by atoms with E-state index in [0.717, 1.165) is 12.1 Å². The Morgan fingerprint density at radius 3 is 2.86 bits per heavy atom. The highest BCUT2D eigenvalue weighted by molar-refractivity contribution is 7.07. The number of aromatic nitrogens is 1. The van der Waals surface area contributed by atoms with Crippen molar-refractivity contribution in [3.8, 4) is 11.5 Å².